The predicted molar refractivity (Wildman–Crippen MR) is 130 cm³/mol. The van der Waals surface area contributed by atoms with E-state index in [-0.39, 0.29) is 4.90 Å². The molecule has 0 aliphatic carbocycles. The molecule has 1 amide bonds. The largest absolute Gasteiger partial charge is 0.497 e. The van der Waals surface area contributed by atoms with Crippen LogP contribution in [0.1, 0.15) is 11.1 Å². The van der Waals surface area contributed by atoms with Crippen LogP contribution in [0.3, 0.4) is 0 Å². The lowest BCUT2D eigenvalue weighted by Gasteiger charge is -2.26. The van der Waals surface area contributed by atoms with Crippen molar-refractivity contribution in [1.82, 2.24) is 0 Å². The molecule has 0 heterocycles. The zero-order valence-corrected chi connectivity index (χ0v) is 20.3. The van der Waals surface area contributed by atoms with E-state index in [2.05, 4.69) is 5.32 Å². The summed E-state index contributed by atoms with van der Waals surface area (Å²) in [6.07, 6.45) is 0. The molecule has 3 aromatic carbocycles. The van der Waals surface area contributed by atoms with E-state index in [0.717, 1.165) is 9.87 Å². The molecule has 0 saturated heterocycles. The van der Waals surface area contributed by atoms with E-state index in [1.54, 1.807) is 55.5 Å². The summed E-state index contributed by atoms with van der Waals surface area (Å²) in [5, 5.41) is 3.19. The van der Waals surface area contributed by atoms with E-state index in [4.69, 9.17) is 21.1 Å². The minimum absolute atomic E-state index is 0.0780. The van der Waals surface area contributed by atoms with Crippen molar-refractivity contribution < 1.29 is 22.7 Å². The van der Waals surface area contributed by atoms with Gasteiger partial charge in [-0.3, -0.25) is 9.10 Å². The number of benzene rings is 3. The van der Waals surface area contributed by atoms with Gasteiger partial charge >= 0.3 is 0 Å². The van der Waals surface area contributed by atoms with E-state index in [1.807, 2.05) is 6.92 Å². The van der Waals surface area contributed by atoms with E-state index < -0.39 is 22.5 Å². The van der Waals surface area contributed by atoms with Gasteiger partial charge in [0.15, 0.2) is 0 Å². The number of carbonyl (C=O) groups is 1. The van der Waals surface area contributed by atoms with E-state index in [1.165, 1.54) is 26.4 Å². The van der Waals surface area contributed by atoms with Crippen LogP contribution in [0.25, 0.3) is 0 Å². The highest BCUT2D eigenvalue weighted by atomic mass is 35.5. The number of ether oxygens (including phenoxy) is 2. The number of nitrogens with zero attached hydrogens (tertiary/aromatic N) is 1. The van der Waals surface area contributed by atoms with Crippen LogP contribution in [0.2, 0.25) is 5.02 Å². The minimum atomic E-state index is -4.05. The van der Waals surface area contributed by atoms with Gasteiger partial charge in [0, 0.05) is 11.1 Å². The normalized spacial score (nSPS) is 11.1. The summed E-state index contributed by atoms with van der Waals surface area (Å²) >= 11 is 6.07. The first-order chi connectivity index (χ1) is 15.6. The second kappa shape index (κ2) is 10.1. The lowest BCUT2D eigenvalue weighted by Crippen LogP contribution is -2.38. The van der Waals surface area contributed by atoms with Crippen LogP contribution in [0, 0.1) is 13.8 Å². The van der Waals surface area contributed by atoms with Crippen molar-refractivity contribution in [2.75, 3.05) is 30.4 Å². The fraction of sp³-hybridized carbons (Fsp3) is 0.208. The van der Waals surface area contributed by atoms with Crippen molar-refractivity contribution in [2.24, 2.45) is 0 Å². The topological polar surface area (TPSA) is 84.9 Å². The van der Waals surface area contributed by atoms with Gasteiger partial charge in [-0.15, -0.1) is 0 Å². The van der Waals surface area contributed by atoms with Crippen LogP contribution in [-0.4, -0.2) is 35.1 Å². The quantitative estimate of drug-likeness (QED) is 0.492. The highest BCUT2D eigenvalue weighted by Crippen LogP contribution is 2.31. The number of carbonyl (C=O) groups excluding carboxylic acids is 1. The standard InChI is InChI=1S/C24H25ClN2O5S/c1-16-5-9-20(10-6-16)33(29,30)27(22-11-7-18(25)13-17(22)2)15-24(28)26-21-14-19(31-3)8-12-23(21)32-4/h5-14H,15H2,1-4H3,(H,26,28). The molecule has 0 aliphatic rings. The number of sulfonamides is 1. The smallest absolute Gasteiger partial charge is 0.264 e. The summed E-state index contributed by atoms with van der Waals surface area (Å²) in [5.74, 6) is 0.384. The van der Waals surface area contributed by atoms with Crippen molar-refractivity contribution in [3.63, 3.8) is 0 Å². The molecular weight excluding hydrogens is 464 g/mol. The molecule has 0 atom stereocenters. The Morgan fingerprint density at radius 2 is 1.67 bits per heavy atom. The first-order valence-electron chi connectivity index (χ1n) is 10.0. The van der Waals surface area contributed by atoms with Gasteiger partial charge < -0.3 is 14.8 Å². The van der Waals surface area contributed by atoms with E-state index in [9.17, 15) is 13.2 Å². The molecule has 3 rings (SSSR count). The van der Waals surface area contributed by atoms with Gasteiger partial charge in [0.25, 0.3) is 10.0 Å². The summed E-state index contributed by atoms with van der Waals surface area (Å²) < 4.78 is 38.7. The minimum Gasteiger partial charge on any atom is -0.497 e. The Labute approximate surface area is 198 Å². The second-order valence-corrected chi connectivity index (χ2v) is 9.67. The number of aryl methyl sites for hydroxylation is 2. The molecule has 0 bridgehead atoms. The Balaban J connectivity index is 2.00. The number of hydrogen-bond acceptors (Lipinski definition) is 5. The van der Waals surface area contributed by atoms with Crippen molar-refractivity contribution in [3.05, 3.63) is 76.8 Å². The average molecular weight is 489 g/mol. The van der Waals surface area contributed by atoms with Crippen LogP contribution in [0.5, 0.6) is 11.5 Å². The third-order valence-electron chi connectivity index (χ3n) is 5.00. The van der Waals surface area contributed by atoms with Crippen LogP contribution < -0.4 is 19.1 Å². The lowest BCUT2D eigenvalue weighted by atomic mass is 10.2. The van der Waals surface area contributed by atoms with Gasteiger partial charge in [-0.1, -0.05) is 29.3 Å². The average Bonchev–Trinajstić information content (AvgIpc) is 2.78. The molecular formula is C24H25ClN2O5S. The van der Waals surface area contributed by atoms with Gasteiger partial charge in [0.1, 0.15) is 18.0 Å². The second-order valence-electron chi connectivity index (χ2n) is 7.37. The van der Waals surface area contributed by atoms with Crippen molar-refractivity contribution >= 4 is 38.9 Å². The maximum atomic E-state index is 13.6. The van der Waals surface area contributed by atoms with Crippen molar-refractivity contribution in [3.8, 4) is 11.5 Å². The first kappa shape index (κ1) is 24.4. The summed E-state index contributed by atoms with van der Waals surface area (Å²) in [6.45, 7) is 3.15. The molecule has 3 aromatic rings. The Bertz CT molecular complexity index is 1260. The zero-order valence-electron chi connectivity index (χ0n) is 18.8. The van der Waals surface area contributed by atoms with Crippen molar-refractivity contribution in [1.29, 1.82) is 0 Å². The highest BCUT2D eigenvalue weighted by Gasteiger charge is 2.28. The van der Waals surface area contributed by atoms with Crippen LogP contribution in [0.15, 0.2) is 65.6 Å². The molecule has 7 nitrogen and oxygen atoms in total. The number of anilines is 2. The Hall–Kier alpha value is -3.23. The number of hydrogen-bond donors (Lipinski definition) is 1. The number of nitrogens with one attached hydrogen (secondary N) is 1. The molecule has 0 unspecified atom stereocenters. The van der Waals surface area contributed by atoms with Crippen LogP contribution >= 0.6 is 11.6 Å². The molecule has 0 spiro atoms. The molecule has 174 valence electrons. The fourth-order valence-electron chi connectivity index (χ4n) is 3.27. The number of methoxy groups -OCH3 is 2. The SMILES string of the molecule is COc1ccc(OC)c(NC(=O)CN(c2ccc(Cl)cc2C)S(=O)(=O)c2ccc(C)cc2)c1. The lowest BCUT2D eigenvalue weighted by molar-refractivity contribution is -0.114. The first-order valence-corrected chi connectivity index (χ1v) is 11.8. The Kier molecular flexibility index (Phi) is 7.50. The fourth-order valence-corrected chi connectivity index (χ4v) is 4.98. The van der Waals surface area contributed by atoms with Crippen LogP contribution in [-0.2, 0) is 14.8 Å². The van der Waals surface area contributed by atoms with Crippen LogP contribution in [0.4, 0.5) is 11.4 Å². The van der Waals surface area contributed by atoms with E-state index >= 15 is 0 Å². The number of rotatable bonds is 8. The third-order valence-corrected chi connectivity index (χ3v) is 7.01. The Morgan fingerprint density at radius 1 is 0.970 bits per heavy atom. The van der Waals surface area contributed by atoms with E-state index in [0.29, 0.717) is 33.5 Å². The molecule has 0 aliphatic heterocycles. The maximum Gasteiger partial charge on any atom is 0.264 e. The van der Waals surface area contributed by atoms with Gasteiger partial charge in [0.05, 0.1) is 30.5 Å². The highest BCUT2D eigenvalue weighted by molar-refractivity contribution is 7.92. The monoisotopic (exact) mass is 488 g/mol. The molecule has 33 heavy (non-hydrogen) atoms. The van der Waals surface area contributed by atoms with Crippen molar-refractivity contribution in [2.45, 2.75) is 18.7 Å². The number of amides is 1. The molecule has 0 radical (unpaired) electrons. The summed E-state index contributed by atoms with van der Waals surface area (Å²) in [6, 6.07) is 16.2. The molecule has 0 fully saturated rings. The third kappa shape index (κ3) is 5.58. The van der Waals surface area contributed by atoms with Gasteiger partial charge in [-0.2, -0.15) is 0 Å². The molecule has 0 saturated carbocycles. The molecule has 0 aromatic heterocycles. The zero-order chi connectivity index (χ0) is 24.2. The summed E-state index contributed by atoms with van der Waals surface area (Å²) in [4.78, 5) is 13.1. The predicted octanol–water partition coefficient (Wildman–Crippen LogP) is 4.81. The summed E-state index contributed by atoms with van der Waals surface area (Å²) in [7, 11) is -1.07. The summed E-state index contributed by atoms with van der Waals surface area (Å²) in [5.41, 5.74) is 2.26. The Morgan fingerprint density at radius 3 is 2.27 bits per heavy atom. The van der Waals surface area contributed by atoms with Gasteiger partial charge in [0.2, 0.25) is 5.91 Å². The number of halogens is 1. The maximum absolute atomic E-state index is 13.6. The van der Waals surface area contributed by atoms with Gasteiger partial charge in [-0.05, 0) is 61.9 Å². The molecule has 1 N–H and O–H groups in total. The molecule has 9 heteroatoms. The van der Waals surface area contributed by atoms with Gasteiger partial charge in [-0.25, -0.2) is 8.42 Å².